The summed E-state index contributed by atoms with van der Waals surface area (Å²) in [7, 11) is 0. The van der Waals surface area contributed by atoms with Crippen molar-refractivity contribution in [3.05, 3.63) is 68.1 Å². The summed E-state index contributed by atoms with van der Waals surface area (Å²) >= 11 is 6.93. The van der Waals surface area contributed by atoms with E-state index in [1.165, 1.54) is 0 Å². The minimum Gasteiger partial charge on any atom is -0.361 e. The molecule has 0 aromatic heterocycles. The van der Waals surface area contributed by atoms with Crippen LogP contribution in [0, 0.1) is 11.8 Å². The van der Waals surface area contributed by atoms with Crippen LogP contribution in [0.3, 0.4) is 0 Å². The molecule has 0 aliphatic carbocycles. The maximum atomic E-state index is 10.7. The van der Waals surface area contributed by atoms with Gasteiger partial charge in [0.15, 0.2) is 0 Å². The normalized spacial score (nSPS) is 20.1. The highest BCUT2D eigenvalue weighted by Gasteiger charge is 2.35. The van der Waals surface area contributed by atoms with Crippen molar-refractivity contribution in [1.82, 2.24) is 5.32 Å². The minimum absolute atomic E-state index is 0.598. The fraction of sp³-hybridized carbons (Fsp3) is 0.125. The average molecular weight is 393 g/mol. The summed E-state index contributed by atoms with van der Waals surface area (Å²) < 4.78 is 1.87. The van der Waals surface area contributed by atoms with Crippen LogP contribution in [-0.2, 0) is 12.3 Å². The third kappa shape index (κ3) is 2.55. The van der Waals surface area contributed by atoms with E-state index >= 15 is 0 Å². The maximum absolute atomic E-state index is 10.7. The molecular formula is C16H11Br2NO. The Morgan fingerprint density at radius 3 is 2.55 bits per heavy atom. The lowest BCUT2D eigenvalue weighted by atomic mass is 10.0. The van der Waals surface area contributed by atoms with Gasteiger partial charge >= 0.3 is 0 Å². The van der Waals surface area contributed by atoms with Gasteiger partial charge in [0.2, 0.25) is 5.72 Å². The molecule has 100 valence electrons. The third-order valence-corrected chi connectivity index (χ3v) is 5.08. The van der Waals surface area contributed by atoms with Crippen LogP contribution in [-0.4, -0.2) is 5.11 Å². The Balaban J connectivity index is 2.01. The molecule has 1 aliphatic rings. The molecule has 2 aromatic rings. The zero-order valence-electron chi connectivity index (χ0n) is 10.5. The molecule has 1 aliphatic heterocycles. The van der Waals surface area contributed by atoms with Gasteiger partial charge in [-0.3, -0.25) is 5.32 Å². The smallest absolute Gasteiger partial charge is 0.207 e. The molecule has 0 saturated heterocycles. The molecule has 1 heterocycles. The zero-order valence-corrected chi connectivity index (χ0v) is 13.6. The first kappa shape index (κ1) is 13.8. The number of benzene rings is 2. The summed E-state index contributed by atoms with van der Waals surface area (Å²) in [5.74, 6) is 5.95. The van der Waals surface area contributed by atoms with Gasteiger partial charge in [0.05, 0.1) is 0 Å². The highest BCUT2D eigenvalue weighted by molar-refractivity contribution is 9.13. The molecule has 0 spiro atoms. The lowest BCUT2D eigenvalue weighted by Gasteiger charge is -2.17. The predicted octanol–water partition coefficient (Wildman–Crippen LogP) is 3.51. The van der Waals surface area contributed by atoms with Gasteiger partial charge in [-0.15, -0.1) is 0 Å². The maximum Gasteiger partial charge on any atom is 0.207 e. The summed E-state index contributed by atoms with van der Waals surface area (Å²) in [6, 6.07) is 13.5. The van der Waals surface area contributed by atoms with Gasteiger partial charge < -0.3 is 5.11 Å². The van der Waals surface area contributed by atoms with E-state index in [0.29, 0.717) is 6.54 Å². The van der Waals surface area contributed by atoms with Crippen LogP contribution in [0.15, 0.2) is 51.4 Å². The lowest BCUT2D eigenvalue weighted by molar-refractivity contribution is 0.0734. The standard InChI is InChI=1S/C16H11Br2NO/c17-14-8-12-10-19-16(20,13(12)9-15(14)18)7-6-11-4-2-1-3-5-11/h1-5,8-9,19-20H,10H2. The van der Waals surface area contributed by atoms with Crippen LogP contribution in [0.4, 0.5) is 0 Å². The van der Waals surface area contributed by atoms with Crippen LogP contribution in [0.25, 0.3) is 0 Å². The fourth-order valence-electron chi connectivity index (χ4n) is 2.19. The molecule has 0 amide bonds. The highest BCUT2D eigenvalue weighted by atomic mass is 79.9. The van der Waals surface area contributed by atoms with Gasteiger partial charge in [-0.05, 0) is 67.6 Å². The number of nitrogens with one attached hydrogen (secondary N) is 1. The second-order valence-corrected chi connectivity index (χ2v) is 6.31. The topological polar surface area (TPSA) is 32.3 Å². The SMILES string of the molecule is OC1(C#Cc2ccccc2)NCc2cc(Br)c(Br)cc21. The van der Waals surface area contributed by atoms with Crippen molar-refractivity contribution in [1.29, 1.82) is 0 Å². The van der Waals surface area contributed by atoms with Gasteiger partial charge in [-0.1, -0.05) is 24.1 Å². The Kier molecular flexibility index (Phi) is 3.70. The summed E-state index contributed by atoms with van der Waals surface area (Å²) in [4.78, 5) is 0. The van der Waals surface area contributed by atoms with E-state index in [2.05, 4.69) is 49.0 Å². The average Bonchev–Trinajstić information content (AvgIpc) is 2.76. The Morgan fingerprint density at radius 2 is 1.80 bits per heavy atom. The molecule has 0 fully saturated rings. The Labute approximate surface area is 134 Å². The zero-order chi connectivity index (χ0) is 14.2. The Bertz CT molecular complexity index is 718. The lowest BCUT2D eigenvalue weighted by Crippen LogP contribution is -2.34. The second-order valence-electron chi connectivity index (χ2n) is 4.60. The van der Waals surface area contributed by atoms with Crippen molar-refractivity contribution in [3.63, 3.8) is 0 Å². The van der Waals surface area contributed by atoms with Gasteiger partial charge in [-0.2, -0.15) is 0 Å². The molecule has 2 nitrogen and oxygen atoms in total. The van der Waals surface area contributed by atoms with Crippen molar-refractivity contribution in [3.8, 4) is 11.8 Å². The number of hydrogen-bond donors (Lipinski definition) is 2. The van der Waals surface area contributed by atoms with E-state index in [1.54, 1.807) is 0 Å². The largest absolute Gasteiger partial charge is 0.361 e. The van der Waals surface area contributed by atoms with Gasteiger partial charge in [0.1, 0.15) is 0 Å². The van der Waals surface area contributed by atoms with E-state index in [9.17, 15) is 5.11 Å². The molecule has 0 radical (unpaired) electrons. The van der Waals surface area contributed by atoms with Crippen LogP contribution < -0.4 is 5.32 Å². The van der Waals surface area contributed by atoms with Crippen LogP contribution >= 0.6 is 31.9 Å². The summed E-state index contributed by atoms with van der Waals surface area (Å²) in [6.07, 6.45) is 0. The first-order valence-electron chi connectivity index (χ1n) is 6.12. The summed E-state index contributed by atoms with van der Waals surface area (Å²) in [6.45, 7) is 0.598. The highest BCUT2D eigenvalue weighted by Crippen LogP contribution is 2.35. The first-order chi connectivity index (χ1) is 9.58. The van der Waals surface area contributed by atoms with Crippen molar-refractivity contribution in [2.45, 2.75) is 12.3 Å². The molecule has 4 heteroatoms. The number of rotatable bonds is 0. The number of halogens is 2. The number of hydrogen-bond acceptors (Lipinski definition) is 2. The first-order valence-corrected chi connectivity index (χ1v) is 7.71. The minimum atomic E-state index is -1.30. The predicted molar refractivity (Wildman–Crippen MR) is 85.9 cm³/mol. The Morgan fingerprint density at radius 1 is 1.10 bits per heavy atom. The van der Waals surface area contributed by atoms with Crippen molar-refractivity contribution in [2.24, 2.45) is 0 Å². The molecule has 2 aromatic carbocycles. The molecule has 1 unspecified atom stereocenters. The van der Waals surface area contributed by atoms with E-state index in [-0.39, 0.29) is 0 Å². The summed E-state index contributed by atoms with van der Waals surface area (Å²) in [5.41, 5.74) is 1.43. The van der Waals surface area contributed by atoms with Crippen molar-refractivity contribution in [2.75, 3.05) is 0 Å². The molecule has 2 N–H and O–H groups in total. The third-order valence-electron chi connectivity index (χ3n) is 3.23. The molecule has 1 atom stereocenters. The van der Waals surface area contributed by atoms with E-state index in [0.717, 1.165) is 25.6 Å². The molecule has 0 bridgehead atoms. The van der Waals surface area contributed by atoms with Gasteiger partial charge in [0.25, 0.3) is 0 Å². The quantitative estimate of drug-likeness (QED) is 0.672. The molecular weight excluding hydrogens is 382 g/mol. The number of aliphatic hydroxyl groups is 1. The molecule has 3 rings (SSSR count). The van der Waals surface area contributed by atoms with E-state index in [1.807, 2.05) is 42.5 Å². The van der Waals surface area contributed by atoms with Gasteiger partial charge in [-0.25, -0.2) is 0 Å². The van der Waals surface area contributed by atoms with Gasteiger partial charge in [0, 0.05) is 26.6 Å². The van der Waals surface area contributed by atoms with Crippen LogP contribution in [0.2, 0.25) is 0 Å². The number of fused-ring (bicyclic) bond motifs is 1. The fourth-order valence-corrected chi connectivity index (χ4v) is 2.92. The Hall–Kier alpha value is -1.12. The van der Waals surface area contributed by atoms with Crippen LogP contribution in [0.1, 0.15) is 16.7 Å². The summed E-state index contributed by atoms with van der Waals surface area (Å²) in [5, 5.41) is 13.8. The van der Waals surface area contributed by atoms with Crippen LogP contribution in [0.5, 0.6) is 0 Å². The second kappa shape index (κ2) is 5.34. The van der Waals surface area contributed by atoms with E-state index in [4.69, 9.17) is 0 Å². The van der Waals surface area contributed by atoms with E-state index < -0.39 is 5.72 Å². The van der Waals surface area contributed by atoms with Crippen molar-refractivity contribution < 1.29 is 5.11 Å². The molecule has 0 saturated carbocycles. The molecule has 20 heavy (non-hydrogen) atoms. The monoisotopic (exact) mass is 391 g/mol. The van der Waals surface area contributed by atoms with Crippen molar-refractivity contribution >= 4 is 31.9 Å².